The van der Waals surface area contributed by atoms with Crippen molar-refractivity contribution < 1.29 is 9.53 Å². The number of aliphatic imine (C=N–C) groups is 1. The second-order valence-electron chi connectivity index (χ2n) is 5.18. The number of benzene rings is 2. The third-order valence-electron chi connectivity index (χ3n) is 3.38. The van der Waals surface area contributed by atoms with E-state index >= 15 is 0 Å². The van der Waals surface area contributed by atoms with E-state index in [0.29, 0.717) is 18.2 Å². The zero-order valence-corrected chi connectivity index (χ0v) is 13.7. The predicted molar refractivity (Wildman–Crippen MR) is 95.9 cm³/mol. The first kappa shape index (κ1) is 17.3. The first-order valence-electron chi connectivity index (χ1n) is 7.69. The van der Waals surface area contributed by atoms with Crippen LogP contribution in [0.5, 0.6) is 0 Å². The molecular weight excluding hydrogens is 304 g/mol. The molecule has 2 rings (SSSR count). The van der Waals surface area contributed by atoms with Crippen LogP contribution in [0.4, 0.5) is 10.5 Å². The number of amides is 1. The molecule has 4 N–H and O–H groups in total. The SMILES string of the molecule is COC(=O)Nc1ccc(CN=C(N)NCCc2ccccc2)cc1. The maximum Gasteiger partial charge on any atom is 0.411 e. The Morgan fingerprint density at radius 1 is 1.08 bits per heavy atom. The quantitative estimate of drug-likeness (QED) is 0.562. The Morgan fingerprint density at radius 2 is 1.79 bits per heavy atom. The summed E-state index contributed by atoms with van der Waals surface area (Å²) in [7, 11) is 1.33. The molecule has 0 aliphatic carbocycles. The molecule has 0 heterocycles. The molecule has 0 atom stereocenters. The largest absolute Gasteiger partial charge is 0.453 e. The molecule has 0 fully saturated rings. The lowest BCUT2D eigenvalue weighted by atomic mass is 10.1. The lowest BCUT2D eigenvalue weighted by Crippen LogP contribution is -2.33. The Hall–Kier alpha value is -3.02. The molecule has 0 saturated heterocycles. The van der Waals surface area contributed by atoms with Gasteiger partial charge in [-0.05, 0) is 29.7 Å². The highest BCUT2D eigenvalue weighted by Gasteiger charge is 2.00. The Balaban J connectivity index is 1.76. The Labute approximate surface area is 141 Å². The summed E-state index contributed by atoms with van der Waals surface area (Å²) in [4.78, 5) is 15.4. The van der Waals surface area contributed by atoms with Crippen LogP contribution in [0.25, 0.3) is 0 Å². The fourth-order valence-corrected chi connectivity index (χ4v) is 2.07. The van der Waals surface area contributed by atoms with E-state index in [-0.39, 0.29) is 0 Å². The van der Waals surface area contributed by atoms with Gasteiger partial charge in [0.15, 0.2) is 5.96 Å². The van der Waals surface area contributed by atoms with Gasteiger partial charge in [0.2, 0.25) is 0 Å². The van der Waals surface area contributed by atoms with E-state index in [9.17, 15) is 4.79 Å². The maximum atomic E-state index is 11.1. The first-order chi connectivity index (χ1) is 11.7. The van der Waals surface area contributed by atoms with Gasteiger partial charge in [-0.15, -0.1) is 0 Å². The van der Waals surface area contributed by atoms with Gasteiger partial charge in [-0.25, -0.2) is 9.79 Å². The molecule has 0 unspecified atom stereocenters. The summed E-state index contributed by atoms with van der Waals surface area (Å²) in [5.74, 6) is 0.419. The molecule has 0 bridgehead atoms. The third kappa shape index (κ3) is 6.00. The van der Waals surface area contributed by atoms with Crippen LogP contribution in [0.3, 0.4) is 0 Å². The molecule has 2 aromatic carbocycles. The number of ether oxygens (including phenoxy) is 1. The number of methoxy groups -OCH3 is 1. The van der Waals surface area contributed by atoms with Gasteiger partial charge in [0.05, 0.1) is 13.7 Å². The van der Waals surface area contributed by atoms with Crippen LogP contribution < -0.4 is 16.4 Å². The number of anilines is 1. The summed E-state index contributed by atoms with van der Waals surface area (Å²) in [6.45, 7) is 1.21. The molecule has 0 aliphatic heterocycles. The van der Waals surface area contributed by atoms with Crippen molar-refractivity contribution in [3.8, 4) is 0 Å². The topological polar surface area (TPSA) is 88.7 Å². The van der Waals surface area contributed by atoms with Gasteiger partial charge < -0.3 is 15.8 Å². The number of nitrogens with one attached hydrogen (secondary N) is 2. The molecule has 6 nitrogen and oxygen atoms in total. The van der Waals surface area contributed by atoms with Crippen LogP contribution in [-0.2, 0) is 17.7 Å². The number of nitrogens with zero attached hydrogens (tertiary/aromatic N) is 1. The van der Waals surface area contributed by atoms with Crippen molar-refractivity contribution in [2.75, 3.05) is 19.0 Å². The first-order valence-corrected chi connectivity index (χ1v) is 7.69. The van der Waals surface area contributed by atoms with Crippen LogP contribution in [-0.4, -0.2) is 25.7 Å². The zero-order valence-electron chi connectivity index (χ0n) is 13.7. The average Bonchev–Trinajstić information content (AvgIpc) is 2.62. The number of carbonyl (C=O) groups excluding carboxylic acids is 1. The van der Waals surface area contributed by atoms with Crippen LogP contribution in [0.1, 0.15) is 11.1 Å². The summed E-state index contributed by atoms with van der Waals surface area (Å²) in [5, 5.41) is 5.69. The summed E-state index contributed by atoms with van der Waals surface area (Å²) >= 11 is 0. The Bertz CT molecular complexity index is 669. The highest BCUT2D eigenvalue weighted by atomic mass is 16.5. The van der Waals surface area contributed by atoms with Crippen molar-refractivity contribution in [3.63, 3.8) is 0 Å². The highest BCUT2D eigenvalue weighted by Crippen LogP contribution is 2.10. The molecule has 126 valence electrons. The minimum atomic E-state index is -0.493. The number of carbonyl (C=O) groups is 1. The molecule has 0 aromatic heterocycles. The summed E-state index contributed by atoms with van der Waals surface area (Å²) in [6.07, 6.45) is 0.401. The van der Waals surface area contributed by atoms with E-state index in [0.717, 1.165) is 18.5 Å². The number of rotatable bonds is 6. The summed E-state index contributed by atoms with van der Waals surface area (Å²) < 4.78 is 4.54. The molecular formula is C18H22N4O2. The lowest BCUT2D eigenvalue weighted by molar-refractivity contribution is 0.187. The fourth-order valence-electron chi connectivity index (χ4n) is 2.07. The zero-order chi connectivity index (χ0) is 17.2. The van der Waals surface area contributed by atoms with Gasteiger partial charge in [-0.1, -0.05) is 42.5 Å². The van der Waals surface area contributed by atoms with Gasteiger partial charge in [-0.2, -0.15) is 0 Å². The van der Waals surface area contributed by atoms with E-state index in [1.165, 1.54) is 12.7 Å². The van der Waals surface area contributed by atoms with Crippen molar-refractivity contribution >= 4 is 17.7 Å². The molecule has 0 radical (unpaired) electrons. The second-order valence-corrected chi connectivity index (χ2v) is 5.18. The smallest absolute Gasteiger partial charge is 0.411 e. The third-order valence-corrected chi connectivity index (χ3v) is 3.38. The number of guanidine groups is 1. The van der Waals surface area contributed by atoms with Crippen molar-refractivity contribution in [1.82, 2.24) is 5.32 Å². The van der Waals surface area contributed by atoms with Gasteiger partial charge in [0.25, 0.3) is 0 Å². The standard InChI is InChI=1S/C18H22N4O2/c1-24-18(23)22-16-9-7-15(8-10-16)13-21-17(19)20-12-11-14-5-3-2-4-6-14/h2-10H,11-13H2,1H3,(H,22,23)(H3,19,20,21). The molecule has 6 heteroatoms. The predicted octanol–water partition coefficient (Wildman–Crippen LogP) is 2.51. The van der Waals surface area contributed by atoms with Gasteiger partial charge in [0.1, 0.15) is 0 Å². The van der Waals surface area contributed by atoms with Crippen LogP contribution in [0.15, 0.2) is 59.6 Å². The fraction of sp³-hybridized carbons (Fsp3) is 0.222. The Morgan fingerprint density at radius 3 is 2.46 bits per heavy atom. The van der Waals surface area contributed by atoms with Crippen molar-refractivity contribution in [1.29, 1.82) is 0 Å². The molecule has 1 amide bonds. The van der Waals surface area contributed by atoms with E-state index in [1.807, 2.05) is 30.3 Å². The van der Waals surface area contributed by atoms with Crippen LogP contribution in [0, 0.1) is 0 Å². The van der Waals surface area contributed by atoms with E-state index in [1.54, 1.807) is 12.1 Å². The van der Waals surface area contributed by atoms with Crippen molar-refractivity contribution in [2.45, 2.75) is 13.0 Å². The van der Waals surface area contributed by atoms with Gasteiger partial charge in [-0.3, -0.25) is 5.32 Å². The maximum absolute atomic E-state index is 11.1. The number of nitrogens with two attached hydrogens (primary N) is 1. The van der Waals surface area contributed by atoms with Crippen molar-refractivity contribution in [3.05, 3.63) is 65.7 Å². The summed E-state index contributed by atoms with van der Waals surface area (Å²) in [5.41, 5.74) is 8.79. The highest BCUT2D eigenvalue weighted by molar-refractivity contribution is 5.84. The number of hydrogen-bond acceptors (Lipinski definition) is 3. The van der Waals surface area contributed by atoms with Crippen LogP contribution in [0.2, 0.25) is 0 Å². The van der Waals surface area contributed by atoms with E-state index in [4.69, 9.17) is 5.73 Å². The molecule has 0 spiro atoms. The molecule has 2 aromatic rings. The monoisotopic (exact) mass is 326 g/mol. The Kier molecular flexibility index (Phi) is 6.64. The van der Waals surface area contributed by atoms with Crippen molar-refractivity contribution in [2.24, 2.45) is 10.7 Å². The average molecular weight is 326 g/mol. The minimum Gasteiger partial charge on any atom is -0.453 e. The van der Waals surface area contributed by atoms with Gasteiger partial charge in [0, 0.05) is 12.2 Å². The summed E-state index contributed by atoms with van der Waals surface area (Å²) in [6, 6.07) is 17.5. The second kappa shape index (κ2) is 9.19. The normalized spacial score (nSPS) is 11.0. The lowest BCUT2D eigenvalue weighted by Gasteiger charge is -2.06. The van der Waals surface area contributed by atoms with E-state index in [2.05, 4.69) is 32.5 Å². The number of hydrogen-bond donors (Lipinski definition) is 3. The van der Waals surface area contributed by atoms with E-state index < -0.39 is 6.09 Å². The molecule has 0 aliphatic rings. The molecule has 24 heavy (non-hydrogen) atoms. The minimum absolute atomic E-state index is 0.419. The van der Waals surface area contributed by atoms with Gasteiger partial charge >= 0.3 is 6.09 Å². The molecule has 0 saturated carbocycles. The van der Waals surface area contributed by atoms with Crippen LogP contribution >= 0.6 is 0 Å².